The first-order chi connectivity index (χ1) is 12.5. The Morgan fingerprint density at radius 2 is 1.88 bits per heavy atom. The molecule has 0 fully saturated rings. The number of Topliss-reactive ketones (excluding diaryl/α,β-unsaturated/α-hetero) is 1. The minimum Gasteiger partial charge on any atom is -0.294 e. The SMILES string of the molecule is N#Cc1ccc2c(c1)c(C(=O)CCCCl)cn2S(=O)(=O)c1ccccc1. The van der Waals surface area contributed by atoms with Gasteiger partial charge < -0.3 is 0 Å². The number of benzene rings is 2. The number of alkyl halides is 1. The van der Waals surface area contributed by atoms with Crippen LogP contribution in [0.25, 0.3) is 10.9 Å². The molecular weight excluding hydrogens is 372 g/mol. The first kappa shape index (κ1) is 18.2. The van der Waals surface area contributed by atoms with E-state index in [4.69, 9.17) is 16.9 Å². The van der Waals surface area contributed by atoms with Gasteiger partial charge in [-0.15, -0.1) is 11.6 Å². The highest BCUT2D eigenvalue weighted by Gasteiger charge is 2.23. The molecule has 0 bridgehead atoms. The van der Waals surface area contributed by atoms with E-state index >= 15 is 0 Å². The Morgan fingerprint density at radius 3 is 2.54 bits per heavy atom. The third-order valence-corrected chi connectivity index (χ3v) is 5.99. The van der Waals surface area contributed by atoms with Crippen LogP contribution in [-0.4, -0.2) is 24.1 Å². The van der Waals surface area contributed by atoms with Crippen molar-refractivity contribution < 1.29 is 13.2 Å². The molecule has 0 saturated carbocycles. The van der Waals surface area contributed by atoms with Crippen LogP contribution in [0.3, 0.4) is 0 Å². The molecule has 0 unspecified atom stereocenters. The molecule has 0 saturated heterocycles. The normalized spacial score (nSPS) is 11.4. The summed E-state index contributed by atoms with van der Waals surface area (Å²) in [6.07, 6.45) is 2.05. The van der Waals surface area contributed by atoms with Crippen molar-refractivity contribution in [3.63, 3.8) is 0 Å². The second-order valence-corrected chi connectivity index (χ2v) is 7.91. The van der Waals surface area contributed by atoms with Gasteiger partial charge in [-0.25, -0.2) is 12.4 Å². The van der Waals surface area contributed by atoms with Gasteiger partial charge in [0.2, 0.25) is 0 Å². The van der Waals surface area contributed by atoms with Gasteiger partial charge in [0.25, 0.3) is 10.0 Å². The van der Waals surface area contributed by atoms with E-state index in [9.17, 15) is 13.2 Å². The Bertz CT molecular complexity index is 1110. The van der Waals surface area contributed by atoms with E-state index in [-0.39, 0.29) is 22.7 Å². The molecular formula is C19H15ClN2O3S. The second-order valence-electron chi connectivity index (χ2n) is 5.72. The predicted octanol–water partition coefficient (Wildman–Crippen LogP) is 3.95. The van der Waals surface area contributed by atoms with Gasteiger partial charge in [-0.3, -0.25) is 4.79 Å². The zero-order chi connectivity index (χ0) is 18.7. The van der Waals surface area contributed by atoms with Crippen molar-refractivity contribution in [2.24, 2.45) is 0 Å². The lowest BCUT2D eigenvalue weighted by molar-refractivity contribution is 0.0983. The number of halogens is 1. The van der Waals surface area contributed by atoms with Crippen molar-refractivity contribution in [2.75, 3.05) is 5.88 Å². The molecule has 132 valence electrons. The van der Waals surface area contributed by atoms with Crippen LogP contribution in [-0.2, 0) is 10.0 Å². The average molecular weight is 387 g/mol. The largest absolute Gasteiger partial charge is 0.294 e. The molecule has 3 rings (SSSR count). The molecule has 2 aromatic carbocycles. The van der Waals surface area contributed by atoms with Gasteiger partial charge in [0.15, 0.2) is 5.78 Å². The first-order valence-corrected chi connectivity index (χ1v) is 9.91. The van der Waals surface area contributed by atoms with Crippen LogP contribution < -0.4 is 0 Å². The monoisotopic (exact) mass is 386 g/mol. The van der Waals surface area contributed by atoms with Gasteiger partial charge in [0.1, 0.15) is 0 Å². The summed E-state index contributed by atoms with van der Waals surface area (Å²) in [6.45, 7) is 0. The summed E-state index contributed by atoms with van der Waals surface area (Å²) in [4.78, 5) is 12.7. The number of fused-ring (bicyclic) bond motifs is 1. The number of rotatable bonds is 6. The topological polar surface area (TPSA) is 79.9 Å². The van der Waals surface area contributed by atoms with Crippen molar-refractivity contribution in [3.8, 4) is 6.07 Å². The zero-order valence-corrected chi connectivity index (χ0v) is 15.3. The molecule has 0 aliphatic carbocycles. The molecule has 1 heterocycles. The van der Waals surface area contributed by atoms with Crippen LogP contribution in [0.2, 0.25) is 0 Å². The number of carbonyl (C=O) groups excluding carboxylic acids is 1. The first-order valence-electron chi connectivity index (χ1n) is 7.94. The summed E-state index contributed by atoms with van der Waals surface area (Å²) in [6, 6.07) is 14.6. The number of nitriles is 1. The summed E-state index contributed by atoms with van der Waals surface area (Å²) in [5, 5.41) is 9.58. The number of carbonyl (C=O) groups is 1. The molecule has 1 aromatic heterocycles. The summed E-state index contributed by atoms with van der Waals surface area (Å²) >= 11 is 5.66. The second kappa shape index (κ2) is 7.32. The van der Waals surface area contributed by atoms with Gasteiger partial charge in [-0.1, -0.05) is 18.2 Å². The van der Waals surface area contributed by atoms with E-state index in [0.29, 0.717) is 28.8 Å². The molecule has 0 spiro atoms. The number of aromatic nitrogens is 1. The summed E-state index contributed by atoms with van der Waals surface area (Å²) < 4.78 is 27.1. The summed E-state index contributed by atoms with van der Waals surface area (Å²) in [7, 11) is -3.86. The fraction of sp³-hybridized carbons (Fsp3) is 0.158. The highest BCUT2D eigenvalue weighted by atomic mass is 35.5. The van der Waals surface area contributed by atoms with Crippen LogP contribution in [0.15, 0.2) is 59.6 Å². The van der Waals surface area contributed by atoms with E-state index in [0.717, 1.165) is 3.97 Å². The minimum absolute atomic E-state index is 0.126. The van der Waals surface area contributed by atoms with Gasteiger partial charge in [0.05, 0.1) is 22.0 Å². The zero-order valence-electron chi connectivity index (χ0n) is 13.7. The molecule has 7 heteroatoms. The van der Waals surface area contributed by atoms with E-state index in [1.165, 1.54) is 24.4 Å². The maximum Gasteiger partial charge on any atom is 0.268 e. The Labute approximate surface area is 156 Å². The van der Waals surface area contributed by atoms with E-state index < -0.39 is 10.0 Å². The quantitative estimate of drug-likeness (QED) is 0.474. The third-order valence-electron chi connectivity index (χ3n) is 4.04. The van der Waals surface area contributed by atoms with Crippen LogP contribution in [0.1, 0.15) is 28.8 Å². The molecule has 5 nitrogen and oxygen atoms in total. The lowest BCUT2D eigenvalue weighted by Crippen LogP contribution is -2.11. The molecule has 26 heavy (non-hydrogen) atoms. The standard InChI is InChI=1S/C19H15ClN2O3S/c20-10-4-7-19(23)17-13-22(18-9-8-14(12-21)11-16(17)18)26(24,25)15-5-2-1-3-6-15/h1-3,5-6,8-9,11,13H,4,7,10H2. The molecule has 0 aliphatic heterocycles. The lowest BCUT2D eigenvalue weighted by atomic mass is 10.0. The number of hydrogen-bond donors (Lipinski definition) is 0. The van der Waals surface area contributed by atoms with Crippen molar-refractivity contribution >= 4 is 38.3 Å². The molecule has 0 aliphatic rings. The molecule has 0 N–H and O–H groups in total. The van der Waals surface area contributed by atoms with E-state index in [1.807, 2.05) is 6.07 Å². The van der Waals surface area contributed by atoms with Crippen molar-refractivity contribution in [2.45, 2.75) is 17.7 Å². The predicted molar refractivity (Wildman–Crippen MR) is 100.0 cm³/mol. The van der Waals surface area contributed by atoms with Crippen LogP contribution in [0.5, 0.6) is 0 Å². The van der Waals surface area contributed by atoms with Gasteiger partial charge >= 0.3 is 0 Å². The van der Waals surface area contributed by atoms with E-state index in [1.54, 1.807) is 30.3 Å². The Hall–Kier alpha value is -2.62. The third kappa shape index (κ3) is 3.24. The highest BCUT2D eigenvalue weighted by Crippen LogP contribution is 2.28. The Balaban J connectivity index is 2.24. The van der Waals surface area contributed by atoms with Crippen molar-refractivity contribution in [1.29, 1.82) is 5.26 Å². The van der Waals surface area contributed by atoms with Crippen molar-refractivity contribution in [3.05, 3.63) is 65.9 Å². The summed E-state index contributed by atoms with van der Waals surface area (Å²) in [5.74, 6) is 0.142. The minimum atomic E-state index is -3.86. The van der Waals surface area contributed by atoms with E-state index in [2.05, 4.69) is 0 Å². The van der Waals surface area contributed by atoms with Crippen LogP contribution in [0.4, 0.5) is 0 Å². The van der Waals surface area contributed by atoms with Crippen molar-refractivity contribution in [1.82, 2.24) is 3.97 Å². The number of ketones is 1. The number of nitrogens with zero attached hydrogens (tertiary/aromatic N) is 2. The van der Waals surface area contributed by atoms with Gasteiger partial charge in [0, 0.05) is 29.4 Å². The Kier molecular flexibility index (Phi) is 5.12. The lowest BCUT2D eigenvalue weighted by Gasteiger charge is -2.07. The molecule has 0 amide bonds. The maximum atomic E-state index is 13.0. The molecule has 3 aromatic rings. The van der Waals surface area contributed by atoms with Crippen LogP contribution in [0, 0.1) is 11.3 Å². The fourth-order valence-electron chi connectivity index (χ4n) is 2.76. The summed E-state index contributed by atoms with van der Waals surface area (Å²) in [5.41, 5.74) is 1.00. The molecule has 0 radical (unpaired) electrons. The fourth-order valence-corrected chi connectivity index (χ4v) is 4.28. The highest BCUT2D eigenvalue weighted by molar-refractivity contribution is 7.90. The van der Waals surface area contributed by atoms with Gasteiger partial charge in [-0.2, -0.15) is 5.26 Å². The number of hydrogen-bond acceptors (Lipinski definition) is 4. The smallest absolute Gasteiger partial charge is 0.268 e. The van der Waals surface area contributed by atoms with Crippen LogP contribution >= 0.6 is 11.6 Å². The maximum absolute atomic E-state index is 13.0. The Morgan fingerprint density at radius 1 is 1.15 bits per heavy atom. The average Bonchev–Trinajstić information content (AvgIpc) is 3.06. The molecule has 0 atom stereocenters. The van der Waals surface area contributed by atoms with Gasteiger partial charge in [-0.05, 0) is 36.8 Å².